The molecule has 0 aromatic carbocycles. The van der Waals surface area contributed by atoms with E-state index in [1.165, 1.54) is 37.9 Å². The molecule has 0 radical (unpaired) electrons. The molecular weight excluding hydrogens is 290 g/mol. The van der Waals surface area contributed by atoms with Crippen LogP contribution in [0.15, 0.2) is 0 Å². The van der Waals surface area contributed by atoms with Crippen molar-refractivity contribution in [3.63, 3.8) is 0 Å². The highest BCUT2D eigenvalue weighted by molar-refractivity contribution is 9.08. The van der Waals surface area contributed by atoms with E-state index in [0.717, 1.165) is 23.6 Å². The van der Waals surface area contributed by atoms with Crippen molar-refractivity contribution < 1.29 is 0 Å². The molecule has 0 atom stereocenters. The summed E-state index contributed by atoms with van der Waals surface area (Å²) < 4.78 is 2.32. The van der Waals surface area contributed by atoms with Crippen LogP contribution in [-0.4, -0.2) is 14.8 Å². The van der Waals surface area contributed by atoms with Crippen LogP contribution in [0.1, 0.15) is 64.5 Å². The maximum Gasteiger partial charge on any atom is 0.143 e. The number of hydrogen-bond donors (Lipinski definition) is 0. The molecule has 1 aromatic heterocycles. The zero-order chi connectivity index (χ0) is 13.2. The Balaban J connectivity index is 2.39. The van der Waals surface area contributed by atoms with Crippen molar-refractivity contribution in [2.45, 2.75) is 70.2 Å². The first kappa shape index (κ1) is 14.0. The highest BCUT2D eigenvalue weighted by Crippen LogP contribution is 2.45. The van der Waals surface area contributed by atoms with Crippen LogP contribution in [0.2, 0.25) is 0 Å². The fourth-order valence-corrected chi connectivity index (χ4v) is 3.93. The first-order chi connectivity index (χ1) is 8.63. The SMILES string of the molecule is CCn1c(CBr)nnc1C1(CC(C)C)CCCC1. The Bertz CT molecular complexity index is 392. The van der Waals surface area contributed by atoms with Crippen molar-refractivity contribution >= 4 is 15.9 Å². The molecule has 0 aliphatic heterocycles. The molecule has 1 fully saturated rings. The number of nitrogens with zero attached hydrogens (tertiary/aromatic N) is 3. The number of aromatic nitrogens is 3. The van der Waals surface area contributed by atoms with Gasteiger partial charge >= 0.3 is 0 Å². The zero-order valence-electron chi connectivity index (χ0n) is 11.7. The Hall–Kier alpha value is -0.380. The molecule has 0 amide bonds. The summed E-state index contributed by atoms with van der Waals surface area (Å²) in [5, 5.41) is 9.71. The van der Waals surface area contributed by atoms with Crippen molar-refractivity contribution in [1.29, 1.82) is 0 Å². The summed E-state index contributed by atoms with van der Waals surface area (Å²) in [6.07, 6.45) is 6.49. The lowest BCUT2D eigenvalue weighted by atomic mass is 9.77. The molecule has 18 heavy (non-hydrogen) atoms. The average molecular weight is 314 g/mol. The molecule has 1 aromatic rings. The minimum Gasteiger partial charge on any atom is -0.314 e. The highest BCUT2D eigenvalue weighted by Gasteiger charge is 2.40. The Morgan fingerprint density at radius 1 is 1.28 bits per heavy atom. The zero-order valence-corrected chi connectivity index (χ0v) is 13.3. The standard InChI is InChI=1S/C14H24BrN3/c1-4-18-12(10-15)16-17-13(18)14(9-11(2)3)7-5-6-8-14/h11H,4-10H2,1-3H3. The van der Waals surface area contributed by atoms with Crippen LogP contribution < -0.4 is 0 Å². The topological polar surface area (TPSA) is 30.7 Å². The van der Waals surface area contributed by atoms with Gasteiger partial charge in [0.15, 0.2) is 0 Å². The molecule has 0 N–H and O–H groups in total. The lowest BCUT2D eigenvalue weighted by molar-refractivity contribution is 0.317. The first-order valence-electron chi connectivity index (χ1n) is 7.11. The minimum atomic E-state index is 0.289. The summed E-state index contributed by atoms with van der Waals surface area (Å²) in [5.74, 6) is 3.03. The van der Waals surface area contributed by atoms with E-state index in [1.807, 2.05) is 0 Å². The second-order valence-corrected chi connectivity index (χ2v) is 6.46. The maximum atomic E-state index is 4.55. The van der Waals surface area contributed by atoms with Gasteiger partial charge in [-0.3, -0.25) is 0 Å². The summed E-state index contributed by atoms with van der Waals surface area (Å²) in [5.41, 5.74) is 0.289. The summed E-state index contributed by atoms with van der Waals surface area (Å²) in [6.45, 7) is 7.80. The van der Waals surface area contributed by atoms with Crippen LogP contribution in [0.3, 0.4) is 0 Å². The van der Waals surface area contributed by atoms with Gasteiger partial charge in [0.2, 0.25) is 0 Å². The normalized spacial score (nSPS) is 18.7. The monoisotopic (exact) mass is 313 g/mol. The van der Waals surface area contributed by atoms with E-state index in [-0.39, 0.29) is 5.41 Å². The molecule has 1 aliphatic rings. The van der Waals surface area contributed by atoms with E-state index in [1.54, 1.807) is 0 Å². The van der Waals surface area contributed by atoms with Gasteiger partial charge in [0, 0.05) is 12.0 Å². The van der Waals surface area contributed by atoms with Crippen LogP contribution in [0.4, 0.5) is 0 Å². The van der Waals surface area contributed by atoms with Gasteiger partial charge in [0.25, 0.3) is 0 Å². The first-order valence-corrected chi connectivity index (χ1v) is 8.23. The van der Waals surface area contributed by atoms with E-state index in [2.05, 4.69) is 51.5 Å². The van der Waals surface area contributed by atoms with E-state index in [9.17, 15) is 0 Å². The van der Waals surface area contributed by atoms with Crippen molar-refractivity contribution in [2.75, 3.05) is 0 Å². The third-order valence-corrected chi connectivity index (χ3v) is 4.60. The quantitative estimate of drug-likeness (QED) is 0.768. The predicted molar refractivity (Wildman–Crippen MR) is 77.9 cm³/mol. The van der Waals surface area contributed by atoms with Gasteiger partial charge in [0.05, 0.1) is 5.33 Å². The largest absolute Gasteiger partial charge is 0.314 e. The van der Waals surface area contributed by atoms with Gasteiger partial charge in [-0.05, 0) is 32.1 Å². The third kappa shape index (κ3) is 2.49. The Labute approximate surface area is 118 Å². The van der Waals surface area contributed by atoms with Gasteiger partial charge in [-0.25, -0.2) is 0 Å². The van der Waals surface area contributed by atoms with Crippen LogP contribution in [0, 0.1) is 5.92 Å². The predicted octanol–water partition coefficient (Wildman–Crippen LogP) is 4.05. The second-order valence-electron chi connectivity index (χ2n) is 5.90. The molecular formula is C14H24BrN3. The van der Waals surface area contributed by atoms with E-state index in [4.69, 9.17) is 0 Å². The Morgan fingerprint density at radius 3 is 2.44 bits per heavy atom. The Kier molecular flexibility index (Phi) is 4.46. The molecule has 0 spiro atoms. The molecule has 0 saturated heterocycles. The van der Waals surface area contributed by atoms with Crippen LogP contribution in [-0.2, 0) is 17.3 Å². The van der Waals surface area contributed by atoms with Gasteiger partial charge in [-0.1, -0.05) is 42.6 Å². The fraction of sp³-hybridized carbons (Fsp3) is 0.857. The van der Waals surface area contributed by atoms with Crippen LogP contribution in [0.5, 0.6) is 0 Å². The molecule has 0 bridgehead atoms. The average Bonchev–Trinajstić information content (AvgIpc) is 2.93. The van der Waals surface area contributed by atoms with Gasteiger partial charge in [-0.2, -0.15) is 0 Å². The third-order valence-electron chi connectivity index (χ3n) is 4.10. The molecule has 1 saturated carbocycles. The molecule has 1 heterocycles. The molecule has 0 unspecified atom stereocenters. The Morgan fingerprint density at radius 2 is 1.94 bits per heavy atom. The fourth-order valence-electron chi connectivity index (χ4n) is 3.51. The summed E-state index contributed by atoms with van der Waals surface area (Å²) in [4.78, 5) is 0. The summed E-state index contributed by atoms with van der Waals surface area (Å²) in [7, 11) is 0. The maximum absolute atomic E-state index is 4.55. The lowest BCUT2D eigenvalue weighted by Crippen LogP contribution is -2.29. The molecule has 3 nitrogen and oxygen atoms in total. The van der Waals surface area contributed by atoms with Crippen molar-refractivity contribution in [1.82, 2.24) is 14.8 Å². The lowest BCUT2D eigenvalue weighted by Gasteiger charge is -2.30. The minimum absolute atomic E-state index is 0.289. The summed E-state index contributed by atoms with van der Waals surface area (Å²) in [6, 6.07) is 0. The van der Waals surface area contributed by atoms with Gasteiger partial charge < -0.3 is 4.57 Å². The smallest absolute Gasteiger partial charge is 0.143 e. The summed E-state index contributed by atoms with van der Waals surface area (Å²) >= 11 is 3.52. The number of rotatable bonds is 5. The van der Waals surface area contributed by atoms with E-state index >= 15 is 0 Å². The van der Waals surface area contributed by atoms with Crippen molar-refractivity contribution in [3.8, 4) is 0 Å². The van der Waals surface area contributed by atoms with E-state index < -0.39 is 0 Å². The highest BCUT2D eigenvalue weighted by atomic mass is 79.9. The van der Waals surface area contributed by atoms with Crippen LogP contribution in [0.25, 0.3) is 0 Å². The number of hydrogen-bond acceptors (Lipinski definition) is 2. The van der Waals surface area contributed by atoms with Crippen LogP contribution >= 0.6 is 15.9 Å². The molecule has 1 aliphatic carbocycles. The van der Waals surface area contributed by atoms with Gasteiger partial charge in [0.1, 0.15) is 11.6 Å². The second kappa shape index (κ2) is 5.72. The van der Waals surface area contributed by atoms with Crippen molar-refractivity contribution in [3.05, 3.63) is 11.6 Å². The number of halogens is 1. The van der Waals surface area contributed by atoms with Gasteiger partial charge in [-0.15, -0.1) is 10.2 Å². The van der Waals surface area contributed by atoms with E-state index in [0.29, 0.717) is 0 Å². The van der Waals surface area contributed by atoms with Crippen molar-refractivity contribution in [2.24, 2.45) is 5.92 Å². The number of alkyl halides is 1. The molecule has 102 valence electrons. The molecule has 4 heteroatoms. The molecule has 2 rings (SSSR count).